The van der Waals surface area contributed by atoms with E-state index in [4.69, 9.17) is 23.7 Å². The van der Waals surface area contributed by atoms with Crippen molar-refractivity contribution < 1.29 is 28.8 Å². The molecule has 28 heavy (non-hydrogen) atoms. The zero-order valence-corrected chi connectivity index (χ0v) is 15.8. The molecule has 0 aliphatic carbocycles. The van der Waals surface area contributed by atoms with Gasteiger partial charge in [-0.2, -0.15) is 0 Å². The Hall–Kier alpha value is -1.80. The van der Waals surface area contributed by atoms with Gasteiger partial charge >= 0.3 is 0 Å². The Labute approximate surface area is 164 Å². The van der Waals surface area contributed by atoms with Crippen molar-refractivity contribution in [1.29, 1.82) is 0 Å². The molecule has 4 rings (SSSR count). The molecule has 2 heterocycles. The lowest BCUT2D eigenvalue weighted by molar-refractivity contribution is -0.161. The molecule has 1 N–H and O–H groups in total. The summed E-state index contributed by atoms with van der Waals surface area (Å²) in [6.07, 6.45) is -3.26. The summed E-state index contributed by atoms with van der Waals surface area (Å²) in [5.41, 5.74) is 2.07. The van der Waals surface area contributed by atoms with Crippen molar-refractivity contribution in [3.05, 3.63) is 71.8 Å². The molecule has 1 unspecified atom stereocenters. The van der Waals surface area contributed by atoms with E-state index in [2.05, 4.69) is 0 Å². The zero-order valence-electron chi connectivity index (χ0n) is 15.8. The Balaban J connectivity index is 1.46. The van der Waals surface area contributed by atoms with Crippen LogP contribution in [0.4, 0.5) is 0 Å². The van der Waals surface area contributed by atoms with Crippen molar-refractivity contribution in [3.63, 3.8) is 0 Å². The minimum Gasteiger partial charge on any atom is -0.368 e. The second kappa shape index (κ2) is 9.13. The molecule has 6 heteroatoms. The minimum atomic E-state index is -1.09. The van der Waals surface area contributed by atoms with Crippen LogP contribution in [0.3, 0.4) is 0 Å². The number of benzene rings is 2. The Morgan fingerprint density at radius 3 is 1.96 bits per heavy atom. The van der Waals surface area contributed by atoms with Crippen LogP contribution in [0.2, 0.25) is 0 Å². The lowest BCUT2D eigenvalue weighted by atomic mass is 10.1. The van der Waals surface area contributed by atoms with E-state index in [1.54, 1.807) is 0 Å². The van der Waals surface area contributed by atoms with Gasteiger partial charge in [-0.3, -0.25) is 0 Å². The summed E-state index contributed by atoms with van der Waals surface area (Å²) in [4.78, 5) is 0. The van der Waals surface area contributed by atoms with Crippen molar-refractivity contribution >= 4 is 0 Å². The van der Waals surface area contributed by atoms with Gasteiger partial charge in [0.25, 0.3) is 0 Å². The molecule has 2 aliphatic heterocycles. The molecule has 0 radical (unpaired) electrons. The summed E-state index contributed by atoms with van der Waals surface area (Å²) in [6, 6.07) is 19.7. The molecule has 2 aromatic carbocycles. The summed E-state index contributed by atoms with van der Waals surface area (Å²) < 4.78 is 29.3. The molecule has 150 valence electrons. The molecule has 0 aromatic heterocycles. The molecule has 0 spiro atoms. The van der Waals surface area contributed by atoms with Gasteiger partial charge in [0.15, 0.2) is 12.6 Å². The van der Waals surface area contributed by atoms with Gasteiger partial charge in [-0.05, 0) is 18.1 Å². The van der Waals surface area contributed by atoms with Crippen molar-refractivity contribution in [1.82, 2.24) is 0 Å². The van der Waals surface area contributed by atoms with Crippen molar-refractivity contribution in [3.8, 4) is 0 Å². The fraction of sp³-hybridized carbons (Fsp3) is 0.455. The first-order valence-corrected chi connectivity index (χ1v) is 9.62. The van der Waals surface area contributed by atoms with Gasteiger partial charge in [0, 0.05) is 0 Å². The van der Waals surface area contributed by atoms with Gasteiger partial charge in [0.2, 0.25) is 0 Å². The highest BCUT2D eigenvalue weighted by atomic mass is 16.7. The van der Waals surface area contributed by atoms with Crippen LogP contribution in [0.25, 0.3) is 0 Å². The van der Waals surface area contributed by atoms with Gasteiger partial charge in [-0.25, -0.2) is 0 Å². The van der Waals surface area contributed by atoms with Gasteiger partial charge < -0.3 is 28.8 Å². The highest BCUT2D eigenvalue weighted by Crippen LogP contribution is 2.32. The zero-order chi connectivity index (χ0) is 19.3. The van der Waals surface area contributed by atoms with E-state index in [-0.39, 0.29) is 12.4 Å². The lowest BCUT2D eigenvalue weighted by Crippen LogP contribution is -2.43. The number of hydrogen-bond donors (Lipinski definition) is 1. The summed E-state index contributed by atoms with van der Waals surface area (Å²) in [7, 11) is 0. The normalized spacial score (nSPS) is 32.6. The van der Waals surface area contributed by atoms with E-state index < -0.39 is 24.6 Å². The number of rotatable bonds is 7. The predicted molar refractivity (Wildman–Crippen MR) is 101 cm³/mol. The Morgan fingerprint density at radius 2 is 1.43 bits per heavy atom. The predicted octanol–water partition coefficient (Wildman–Crippen LogP) is 2.64. The lowest BCUT2D eigenvalue weighted by Gasteiger charge is -2.26. The van der Waals surface area contributed by atoms with Gasteiger partial charge in [-0.15, -0.1) is 0 Å². The molecular formula is C22H26O6. The molecule has 6 atom stereocenters. The largest absolute Gasteiger partial charge is 0.368 e. The SMILES string of the molecule is CC1OC[C@H]([C@H]2O[C@@H](O)[C@H](OCc3ccccc3)[C@@H]2OCc2ccccc2)O1. The topological polar surface area (TPSA) is 66.4 Å². The molecule has 0 amide bonds. The second-order valence-electron chi connectivity index (χ2n) is 7.09. The van der Waals surface area contributed by atoms with Crippen LogP contribution in [0, 0.1) is 0 Å². The monoisotopic (exact) mass is 386 g/mol. The second-order valence-corrected chi connectivity index (χ2v) is 7.09. The first kappa shape index (κ1) is 19.5. The molecule has 6 nitrogen and oxygen atoms in total. The van der Waals surface area contributed by atoms with E-state index in [9.17, 15) is 5.11 Å². The first-order chi connectivity index (χ1) is 13.7. The molecule has 0 bridgehead atoms. The summed E-state index contributed by atoms with van der Waals surface area (Å²) >= 11 is 0. The van der Waals surface area contributed by atoms with Gasteiger partial charge in [0.1, 0.15) is 24.4 Å². The Morgan fingerprint density at radius 1 is 0.857 bits per heavy atom. The average molecular weight is 386 g/mol. The van der Waals surface area contributed by atoms with Crippen molar-refractivity contribution in [2.45, 2.75) is 57.1 Å². The smallest absolute Gasteiger partial charge is 0.184 e. The molecule has 2 saturated heterocycles. The molecule has 0 saturated carbocycles. The fourth-order valence-electron chi connectivity index (χ4n) is 3.59. The third kappa shape index (κ3) is 4.60. The maximum absolute atomic E-state index is 10.5. The fourth-order valence-corrected chi connectivity index (χ4v) is 3.59. The number of aliphatic hydroxyl groups is 1. The number of ether oxygens (including phenoxy) is 5. The first-order valence-electron chi connectivity index (χ1n) is 9.62. The van der Waals surface area contributed by atoms with Crippen LogP contribution < -0.4 is 0 Å². The highest BCUT2D eigenvalue weighted by Gasteiger charge is 2.51. The molecule has 2 fully saturated rings. The van der Waals surface area contributed by atoms with E-state index in [0.29, 0.717) is 19.8 Å². The van der Waals surface area contributed by atoms with Crippen LogP contribution in [-0.2, 0) is 36.9 Å². The minimum absolute atomic E-state index is 0.301. The maximum Gasteiger partial charge on any atom is 0.184 e. The number of aliphatic hydroxyl groups excluding tert-OH is 1. The molecule has 2 aliphatic rings. The number of hydrogen-bond acceptors (Lipinski definition) is 6. The van der Waals surface area contributed by atoms with Crippen LogP contribution >= 0.6 is 0 Å². The van der Waals surface area contributed by atoms with Crippen molar-refractivity contribution in [2.75, 3.05) is 6.61 Å². The van der Waals surface area contributed by atoms with Crippen LogP contribution in [0.1, 0.15) is 18.1 Å². The average Bonchev–Trinajstić information content (AvgIpc) is 3.29. The Bertz CT molecular complexity index is 724. The van der Waals surface area contributed by atoms with E-state index in [0.717, 1.165) is 11.1 Å². The van der Waals surface area contributed by atoms with E-state index in [1.165, 1.54) is 0 Å². The summed E-state index contributed by atoms with van der Waals surface area (Å²) in [6.45, 7) is 3.00. The van der Waals surface area contributed by atoms with Crippen LogP contribution in [0.5, 0.6) is 0 Å². The molecular weight excluding hydrogens is 360 g/mol. The third-order valence-electron chi connectivity index (χ3n) is 5.02. The van der Waals surface area contributed by atoms with Crippen LogP contribution in [-0.4, -0.2) is 48.7 Å². The quantitative estimate of drug-likeness (QED) is 0.789. The van der Waals surface area contributed by atoms with Gasteiger partial charge in [0.05, 0.1) is 19.8 Å². The third-order valence-corrected chi connectivity index (χ3v) is 5.02. The van der Waals surface area contributed by atoms with E-state index in [1.807, 2.05) is 67.6 Å². The highest BCUT2D eigenvalue weighted by molar-refractivity contribution is 5.14. The summed E-state index contributed by atoms with van der Waals surface area (Å²) in [5.74, 6) is 0. The standard InChI is InChI=1S/C22H26O6/c1-15-24-14-18(27-15)19-20(25-12-16-8-4-2-5-9-16)21(22(23)28-19)26-13-17-10-6-3-7-11-17/h2-11,15,18-23H,12-14H2,1H3/t15?,18-,19-,20-,21-,22-/m1/s1. The summed E-state index contributed by atoms with van der Waals surface area (Å²) in [5, 5.41) is 10.5. The van der Waals surface area contributed by atoms with E-state index >= 15 is 0 Å². The van der Waals surface area contributed by atoms with Crippen molar-refractivity contribution in [2.24, 2.45) is 0 Å². The maximum atomic E-state index is 10.5. The van der Waals surface area contributed by atoms with Gasteiger partial charge in [-0.1, -0.05) is 60.7 Å². The van der Waals surface area contributed by atoms with Crippen LogP contribution in [0.15, 0.2) is 60.7 Å². The Kier molecular flexibility index (Phi) is 6.36. The molecule has 2 aromatic rings.